The molecule has 186 valence electrons. The maximum atomic E-state index is 13.6. The summed E-state index contributed by atoms with van der Waals surface area (Å²) in [5.74, 6) is 0.245. The number of guanidine groups is 1. The molecule has 2 aliphatic rings. The van der Waals surface area contributed by atoms with Crippen LogP contribution in [-0.4, -0.2) is 97.4 Å². The number of nitriles is 1. The van der Waals surface area contributed by atoms with Gasteiger partial charge in [-0.1, -0.05) is 27.7 Å². The third-order valence-electron chi connectivity index (χ3n) is 5.77. The van der Waals surface area contributed by atoms with Gasteiger partial charge in [-0.15, -0.1) is 4.99 Å². The van der Waals surface area contributed by atoms with Gasteiger partial charge in [-0.25, -0.2) is 9.59 Å². The number of rotatable bonds is 6. The number of aliphatic imine (C=N–C) groups is 1. The fourth-order valence-electron chi connectivity index (χ4n) is 3.93. The Morgan fingerprint density at radius 3 is 2.52 bits per heavy atom. The summed E-state index contributed by atoms with van der Waals surface area (Å²) in [5.41, 5.74) is -1.01. The molecule has 0 radical (unpaired) electrons. The quantitative estimate of drug-likeness (QED) is 0.475. The molecule has 0 aromatic heterocycles. The number of hydrogen-bond acceptors (Lipinski definition) is 6. The molecule has 10 nitrogen and oxygen atoms in total. The van der Waals surface area contributed by atoms with Crippen LogP contribution in [0.2, 0.25) is 0 Å². The van der Waals surface area contributed by atoms with E-state index in [1.54, 1.807) is 6.92 Å². The first-order valence-corrected chi connectivity index (χ1v) is 11.9. The first kappa shape index (κ1) is 26.9. The molecule has 0 spiro atoms. The minimum atomic E-state index is -0.966. The lowest BCUT2D eigenvalue weighted by atomic mass is 9.92. The smallest absolute Gasteiger partial charge is 0.436 e. The molecule has 0 aliphatic carbocycles. The fraction of sp³-hybridized carbons (Fsp3) is 0.826. The van der Waals surface area contributed by atoms with E-state index in [2.05, 4.69) is 49.0 Å². The molecule has 1 N–H and O–H groups in total. The normalized spacial score (nSPS) is 22.1. The highest BCUT2D eigenvalue weighted by molar-refractivity contribution is 6.00. The summed E-state index contributed by atoms with van der Waals surface area (Å²) in [6.45, 7) is 14.7. The number of amides is 3. The van der Waals surface area contributed by atoms with Gasteiger partial charge in [0.25, 0.3) is 0 Å². The van der Waals surface area contributed by atoms with Crippen molar-refractivity contribution in [3.8, 4) is 6.07 Å². The molecule has 1 atom stereocenters. The number of nitrogens with zero attached hydrogens (tertiary/aromatic N) is 5. The van der Waals surface area contributed by atoms with E-state index >= 15 is 0 Å². The van der Waals surface area contributed by atoms with Gasteiger partial charge in [0.2, 0.25) is 5.96 Å². The van der Waals surface area contributed by atoms with Gasteiger partial charge in [-0.2, -0.15) is 5.26 Å². The van der Waals surface area contributed by atoms with Gasteiger partial charge in [0, 0.05) is 32.7 Å². The van der Waals surface area contributed by atoms with Gasteiger partial charge in [0.05, 0.1) is 25.9 Å². The molecule has 2 fully saturated rings. The van der Waals surface area contributed by atoms with Gasteiger partial charge in [-0.05, 0) is 38.1 Å². The number of nitrogens with one attached hydrogen (secondary N) is 1. The Balaban J connectivity index is 2.34. The number of hydrogen-bond donors (Lipinski definition) is 1. The van der Waals surface area contributed by atoms with Crippen LogP contribution in [0.5, 0.6) is 0 Å². The Morgan fingerprint density at radius 2 is 1.94 bits per heavy atom. The highest BCUT2D eigenvalue weighted by Crippen LogP contribution is 2.23. The molecule has 2 saturated heterocycles. The second kappa shape index (κ2) is 12.2. The molecule has 0 saturated carbocycles. The average Bonchev–Trinajstić information content (AvgIpc) is 3.16. The maximum Gasteiger partial charge on any atom is 0.436 e. The zero-order valence-corrected chi connectivity index (χ0v) is 20.9. The van der Waals surface area contributed by atoms with Crippen molar-refractivity contribution in [1.29, 1.82) is 5.26 Å². The molecule has 10 heteroatoms. The van der Waals surface area contributed by atoms with Gasteiger partial charge in [-0.3, -0.25) is 9.80 Å². The number of morpholine rings is 1. The van der Waals surface area contributed by atoms with Crippen LogP contribution in [-0.2, 0) is 9.47 Å². The first-order valence-electron chi connectivity index (χ1n) is 11.9. The van der Waals surface area contributed by atoms with Crippen LogP contribution in [0.3, 0.4) is 0 Å². The van der Waals surface area contributed by atoms with E-state index in [0.717, 1.165) is 19.5 Å². The molecule has 2 heterocycles. The van der Waals surface area contributed by atoms with Crippen LogP contribution in [0.4, 0.5) is 9.59 Å². The standard InChI is InChI=1S/C23H40N6O4/c1-6-10-27-11-9-23(17-24,18-27)26-20(30)29(12-8-22(3,4)5)19(25-21(31)33-7-2)28-13-15-32-16-14-28/h6-16,18H2,1-5H3,(H,26,30). The predicted molar refractivity (Wildman–Crippen MR) is 126 cm³/mol. The second-order valence-electron chi connectivity index (χ2n) is 9.82. The average molecular weight is 465 g/mol. The Morgan fingerprint density at radius 1 is 1.24 bits per heavy atom. The molecular weight excluding hydrogens is 424 g/mol. The summed E-state index contributed by atoms with van der Waals surface area (Å²) in [6, 6.07) is 1.92. The Hall–Kier alpha value is -2.38. The van der Waals surface area contributed by atoms with Crippen LogP contribution in [0.15, 0.2) is 4.99 Å². The Labute approximate surface area is 197 Å². The summed E-state index contributed by atoms with van der Waals surface area (Å²) < 4.78 is 10.5. The number of ether oxygens (including phenoxy) is 2. The van der Waals surface area contributed by atoms with Crippen molar-refractivity contribution in [2.75, 3.05) is 59.1 Å². The summed E-state index contributed by atoms with van der Waals surface area (Å²) in [5, 5.41) is 12.9. The van der Waals surface area contributed by atoms with Crippen molar-refractivity contribution in [2.45, 2.75) is 59.4 Å². The Bertz CT molecular complexity index is 738. The van der Waals surface area contributed by atoms with Crippen LogP contribution in [0, 0.1) is 16.7 Å². The minimum absolute atomic E-state index is 0.0449. The van der Waals surface area contributed by atoms with Crippen LogP contribution >= 0.6 is 0 Å². The van der Waals surface area contributed by atoms with E-state index in [9.17, 15) is 14.9 Å². The van der Waals surface area contributed by atoms with Gasteiger partial charge < -0.3 is 19.7 Å². The van der Waals surface area contributed by atoms with Crippen molar-refractivity contribution in [2.24, 2.45) is 10.4 Å². The maximum absolute atomic E-state index is 13.6. The monoisotopic (exact) mass is 464 g/mol. The SMILES string of the molecule is CCCN1CCC(C#N)(NC(=O)N(CCC(C)(C)C)C(=NC(=O)OCC)N2CCOCC2)C1. The van der Waals surface area contributed by atoms with Crippen LogP contribution in [0.1, 0.15) is 53.9 Å². The number of likely N-dealkylation sites (tertiary alicyclic amines) is 1. The van der Waals surface area contributed by atoms with Crippen molar-refractivity contribution >= 4 is 18.1 Å². The zero-order chi connectivity index (χ0) is 24.5. The minimum Gasteiger partial charge on any atom is -0.448 e. The molecule has 2 aliphatic heterocycles. The van der Waals surface area contributed by atoms with Gasteiger partial charge in [0.15, 0.2) is 0 Å². The lowest BCUT2D eigenvalue weighted by Gasteiger charge is -2.37. The van der Waals surface area contributed by atoms with Crippen molar-refractivity contribution in [3.05, 3.63) is 0 Å². The molecule has 2 rings (SSSR count). The summed E-state index contributed by atoms with van der Waals surface area (Å²) in [4.78, 5) is 35.7. The van der Waals surface area contributed by atoms with E-state index in [1.807, 2.05) is 4.90 Å². The van der Waals surface area contributed by atoms with E-state index in [4.69, 9.17) is 9.47 Å². The molecule has 0 aromatic rings. The number of carbonyl (C=O) groups is 2. The highest BCUT2D eigenvalue weighted by Gasteiger charge is 2.41. The zero-order valence-electron chi connectivity index (χ0n) is 20.9. The van der Waals surface area contributed by atoms with Crippen LogP contribution < -0.4 is 5.32 Å². The number of urea groups is 1. The third-order valence-corrected chi connectivity index (χ3v) is 5.77. The van der Waals surface area contributed by atoms with Crippen LogP contribution in [0.25, 0.3) is 0 Å². The molecule has 33 heavy (non-hydrogen) atoms. The summed E-state index contributed by atoms with van der Waals surface area (Å²) in [7, 11) is 0. The lowest BCUT2D eigenvalue weighted by Crippen LogP contribution is -2.59. The lowest BCUT2D eigenvalue weighted by molar-refractivity contribution is 0.0624. The summed E-state index contributed by atoms with van der Waals surface area (Å²) >= 11 is 0. The molecule has 0 aromatic carbocycles. The summed E-state index contributed by atoms with van der Waals surface area (Å²) in [6.07, 6.45) is 1.50. The third kappa shape index (κ3) is 8.16. The van der Waals surface area contributed by atoms with Crippen molar-refractivity contribution in [1.82, 2.24) is 20.0 Å². The largest absolute Gasteiger partial charge is 0.448 e. The molecule has 3 amide bonds. The fourth-order valence-corrected chi connectivity index (χ4v) is 3.93. The van der Waals surface area contributed by atoms with E-state index < -0.39 is 17.7 Å². The highest BCUT2D eigenvalue weighted by atomic mass is 16.5. The molecule has 0 bridgehead atoms. The van der Waals surface area contributed by atoms with Gasteiger partial charge >= 0.3 is 12.1 Å². The van der Waals surface area contributed by atoms with E-state index in [0.29, 0.717) is 52.2 Å². The Kier molecular flexibility index (Phi) is 9.92. The van der Waals surface area contributed by atoms with Crippen molar-refractivity contribution < 1.29 is 19.1 Å². The molecular formula is C23H40N6O4. The molecule has 1 unspecified atom stereocenters. The van der Waals surface area contributed by atoms with E-state index in [-0.39, 0.29) is 18.0 Å². The predicted octanol–water partition coefficient (Wildman–Crippen LogP) is 2.66. The number of carbonyl (C=O) groups excluding carboxylic acids is 2. The van der Waals surface area contributed by atoms with Crippen molar-refractivity contribution in [3.63, 3.8) is 0 Å². The first-order chi connectivity index (χ1) is 15.6. The topological polar surface area (TPSA) is 111 Å². The van der Waals surface area contributed by atoms with Gasteiger partial charge in [0.1, 0.15) is 5.54 Å². The van der Waals surface area contributed by atoms with E-state index in [1.165, 1.54) is 4.90 Å². The second-order valence-corrected chi connectivity index (χ2v) is 9.82.